The molecule has 67 heavy (non-hydrogen) atoms. The van der Waals surface area contributed by atoms with E-state index in [0.29, 0.717) is 0 Å². The molecule has 4 heteroatoms. The first-order chi connectivity index (χ1) is 33.0. The summed E-state index contributed by atoms with van der Waals surface area (Å²) in [5.41, 5.74) is 28.5. The fourth-order valence-corrected chi connectivity index (χ4v) is 9.80. The highest BCUT2D eigenvalue weighted by Crippen LogP contribution is 2.59. The number of hydrogen-bond donors (Lipinski definition) is 4. The molecule has 2 unspecified atom stereocenters. The number of aromatic hydroxyl groups is 1. The Hall–Kier alpha value is -7.76. The summed E-state index contributed by atoms with van der Waals surface area (Å²) in [5.74, 6) is 0.287. The van der Waals surface area contributed by atoms with E-state index >= 15 is 0 Å². The maximum absolute atomic E-state index is 11.6. The molecule has 0 spiro atoms. The Kier molecular flexibility index (Phi) is 13.4. The van der Waals surface area contributed by atoms with Crippen molar-refractivity contribution >= 4 is 10.8 Å². The van der Waals surface area contributed by atoms with Crippen LogP contribution in [0, 0.1) is 0 Å². The van der Waals surface area contributed by atoms with E-state index in [-0.39, 0.29) is 11.8 Å². The number of phenols is 1. The number of hydrogen-bond acceptors (Lipinski definition) is 4. The van der Waals surface area contributed by atoms with Gasteiger partial charge in [0.1, 0.15) is 5.75 Å². The van der Waals surface area contributed by atoms with Crippen molar-refractivity contribution in [2.45, 2.75) is 38.1 Å². The molecule has 0 fully saturated rings. The topological polar surface area (TPSA) is 70.3 Å². The van der Waals surface area contributed by atoms with Crippen molar-refractivity contribution < 1.29 is 5.11 Å². The van der Waals surface area contributed by atoms with E-state index in [0.717, 1.165) is 51.9 Å². The van der Waals surface area contributed by atoms with Crippen LogP contribution in [0.5, 0.6) is 5.75 Å². The summed E-state index contributed by atoms with van der Waals surface area (Å²) in [4.78, 5) is 0. The summed E-state index contributed by atoms with van der Waals surface area (Å²) >= 11 is 0. The van der Waals surface area contributed by atoms with Crippen molar-refractivity contribution in [2.24, 2.45) is 5.73 Å². The molecule has 2 atom stereocenters. The van der Waals surface area contributed by atoms with E-state index < -0.39 is 5.41 Å². The zero-order valence-electron chi connectivity index (χ0n) is 38.5. The van der Waals surface area contributed by atoms with Crippen LogP contribution in [0.4, 0.5) is 0 Å². The number of benzene rings is 9. The lowest BCUT2D eigenvalue weighted by Gasteiger charge is -2.34. The maximum atomic E-state index is 11.6. The number of nitrogens with one attached hydrogen (secondary N) is 2. The molecule has 9 aromatic carbocycles. The summed E-state index contributed by atoms with van der Waals surface area (Å²) in [6.07, 6.45) is 8.22. The molecule has 0 heterocycles. The molecule has 0 amide bonds. The Morgan fingerprint density at radius 2 is 1.01 bits per heavy atom. The van der Waals surface area contributed by atoms with Crippen molar-refractivity contribution in [3.05, 3.63) is 270 Å². The molecule has 2 aliphatic carbocycles. The molecule has 0 saturated carbocycles. The van der Waals surface area contributed by atoms with Gasteiger partial charge in [-0.05, 0) is 139 Å². The molecule has 5 N–H and O–H groups in total. The van der Waals surface area contributed by atoms with Crippen LogP contribution < -0.4 is 16.6 Å². The second-order valence-corrected chi connectivity index (χ2v) is 16.9. The Bertz CT molecular complexity index is 3170. The Labute approximate surface area is 395 Å². The van der Waals surface area contributed by atoms with E-state index in [2.05, 4.69) is 205 Å². The van der Waals surface area contributed by atoms with Gasteiger partial charge in [0.15, 0.2) is 0 Å². The first-order valence-corrected chi connectivity index (χ1v) is 23.4. The smallest absolute Gasteiger partial charge is 0.120 e. The van der Waals surface area contributed by atoms with Crippen LogP contribution in [0.15, 0.2) is 236 Å². The fourth-order valence-electron chi connectivity index (χ4n) is 9.80. The van der Waals surface area contributed by atoms with Crippen molar-refractivity contribution in [1.29, 1.82) is 0 Å². The van der Waals surface area contributed by atoms with Crippen molar-refractivity contribution in [2.75, 3.05) is 7.05 Å². The van der Waals surface area contributed by atoms with Gasteiger partial charge < -0.3 is 10.8 Å². The van der Waals surface area contributed by atoms with Gasteiger partial charge in [-0.1, -0.05) is 208 Å². The molecule has 0 bridgehead atoms. The van der Waals surface area contributed by atoms with Crippen LogP contribution in [0.25, 0.3) is 55.3 Å². The van der Waals surface area contributed by atoms with Gasteiger partial charge in [-0.3, -0.25) is 5.43 Å². The number of fused-ring (bicyclic) bond motifs is 4. The zero-order valence-corrected chi connectivity index (χ0v) is 38.5. The summed E-state index contributed by atoms with van der Waals surface area (Å²) in [6.45, 7) is 4.00. The normalized spacial score (nSPS) is 14.9. The maximum Gasteiger partial charge on any atom is 0.120 e. The molecular formula is C63H57N3O. The molecule has 0 aromatic heterocycles. The Morgan fingerprint density at radius 3 is 1.63 bits per heavy atom. The molecule has 0 aliphatic heterocycles. The molecule has 2 aliphatic rings. The number of allylic oxidation sites excluding steroid dienone is 4. The summed E-state index contributed by atoms with van der Waals surface area (Å²) in [5, 5.41) is 14.0. The van der Waals surface area contributed by atoms with Gasteiger partial charge in [-0.15, -0.1) is 0 Å². The number of para-hydroxylation sites is 1. The lowest BCUT2D eigenvalue weighted by atomic mass is 9.67. The molecule has 0 radical (unpaired) electrons. The molecule has 0 saturated heterocycles. The van der Waals surface area contributed by atoms with E-state index in [1.165, 1.54) is 55.3 Å². The van der Waals surface area contributed by atoms with Gasteiger partial charge >= 0.3 is 0 Å². The minimum atomic E-state index is -0.701. The number of phenolic OH excluding ortho intramolecular Hbond substituents is 1. The van der Waals surface area contributed by atoms with Gasteiger partial charge in [-0.2, -0.15) is 0 Å². The largest absolute Gasteiger partial charge is 0.508 e. The SMILES string of the molecule is CC.CNNC(c1ccc(-c2ccccc2)cc1)c1ccc(-c2cccc(-c3ccc4c(c3)-c3cc5ccccc5cc3C4(c3ccccc3)c3ccccc3O)c2)cc1.NC1=CC=CCC1. The quantitative estimate of drug-likeness (QED) is 0.109. The molecule has 4 nitrogen and oxygen atoms in total. The molecule has 11 rings (SSSR count). The number of rotatable bonds is 9. The van der Waals surface area contributed by atoms with E-state index in [9.17, 15) is 5.11 Å². The summed E-state index contributed by atoms with van der Waals surface area (Å²) in [7, 11) is 1.91. The minimum Gasteiger partial charge on any atom is -0.508 e. The van der Waals surface area contributed by atoms with Gasteiger partial charge in [0.25, 0.3) is 0 Å². The highest BCUT2D eigenvalue weighted by molar-refractivity contribution is 5.97. The van der Waals surface area contributed by atoms with Crippen LogP contribution in [0.2, 0.25) is 0 Å². The number of nitrogens with two attached hydrogens (primary N) is 1. The van der Waals surface area contributed by atoms with E-state index in [1.807, 2.05) is 57.3 Å². The lowest BCUT2D eigenvalue weighted by molar-refractivity contribution is 0.461. The van der Waals surface area contributed by atoms with Crippen molar-refractivity contribution in [3.63, 3.8) is 0 Å². The Balaban J connectivity index is 0.000000568. The van der Waals surface area contributed by atoms with Crippen LogP contribution in [0.1, 0.15) is 66.1 Å². The average molecular weight is 872 g/mol. The lowest BCUT2D eigenvalue weighted by Crippen LogP contribution is -2.32. The van der Waals surface area contributed by atoms with Gasteiger partial charge in [0.2, 0.25) is 0 Å². The zero-order chi connectivity index (χ0) is 46.2. The highest BCUT2D eigenvalue weighted by atomic mass is 16.3. The summed E-state index contributed by atoms with van der Waals surface area (Å²) < 4.78 is 0. The standard InChI is InChI=1S/C55H42N2O.C6H9N.C2H6/c1-56-57-54(40-27-23-38(24-28-40)37-13-4-2-5-14-37)41-29-25-39(26-30-41)42-17-12-18-43(33-42)46-31-32-50-48(35-46)49-34-44-15-8-9-16-45(44)36-52(49)55(50,47-19-6-3-7-20-47)51-21-10-11-22-53(51)58;7-6-4-2-1-3-5-6;1-2/h2-36,54,56-58H,1H3;1-2,4H,3,5,7H2;1-2H3. The molecule has 330 valence electrons. The monoisotopic (exact) mass is 871 g/mol. The van der Waals surface area contributed by atoms with Crippen LogP contribution in [-0.4, -0.2) is 12.2 Å². The van der Waals surface area contributed by atoms with Gasteiger partial charge in [-0.25, -0.2) is 5.43 Å². The minimum absolute atomic E-state index is 0.0116. The second kappa shape index (κ2) is 20.2. The third-order valence-corrected chi connectivity index (χ3v) is 13.0. The van der Waals surface area contributed by atoms with Crippen molar-refractivity contribution in [1.82, 2.24) is 10.9 Å². The van der Waals surface area contributed by atoms with Crippen molar-refractivity contribution in [3.8, 4) is 50.3 Å². The first kappa shape index (κ1) is 44.4. The van der Waals surface area contributed by atoms with E-state index in [4.69, 9.17) is 5.73 Å². The Morgan fingerprint density at radius 1 is 0.493 bits per heavy atom. The third-order valence-electron chi connectivity index (χ3n) is 13.0. The predicted molar refractivity (Wildman–Crippen MR) is 282 cm³/mol. The van der Waals surface area contributed by atoms with Crippen LogP contribution >= 0.6 is 0 Å². The first-order valence-electron chi connectivity index (χ1n) is 23.4. The second-order valence-electron chi connectivity index (χ2n) is 16.9. The highest BCUT2D eigenvalue weighted by Gasteiger charge is 2.47. The van der Waals surface area contributed by atoms with Gasteiger partial charge in [0, 0.05) is 11.3 Å². The average Bonchev–Trinajstić information content (AvgIpc) is 3.68. The third kappa shape index (κ3) is 8.85. The van der Waals surface area contributed by atoms with Gasteiger partial charge in [0.05, 0.1) is 11.5 Å². The number of hydrazine groups is 1. The molecule has 9 aromatic rings. The summed E-state index contributed by atoms with van der Waals surface area (Å²) in [6, 6.07) is 75.7. The predicted octanol–water partition coefficient (Wildman–Crippen LogP) is 14.9. The van der Waals surface area contributed by atoms with Crippen LogP contribution in [0.3, 0.4) is 0 Å². The van der Waals surface area contributed by atoms with Crippen LogP contribution in [-0.2, 0) is 5.41 Å². The molecular weight excluding hydrogens is 815 g/mol. The fraction of sp³-hybridized carbons (Fsp3) is 0.111. The van der Waals surface area contributed by atoms with E-state index in [1.54, 1.807) is 0 Å².